The molecule has 0 aliphatic carbocycles. The number of hydrogen-bond donors (Lipinski definition) is 1. The van der Waals surface area contributed by atoms with E-state index in [4.69, 9.17) is 9.84 Å². The molecule has 0 saturated heterocycles. The van der Waals surface area contributed by atoms with Crippen LogP contribution in [0.2, 0.25) is 0 Å². The SMILES string of the molecule is CCC(CCC(=O)O)Oc1ccncc1. The lowest BCUT2D eigenvalue weighted by molar-refractivity contribution is -0.137. The summed E-state index contributed by atoms with van der Waals surface area (Å²) >= 11 is 0. The Morgan fingerprint density at radius 1 is 1.53 bits per heavy atom. The first-order valence-electron chi connectivity index (χ1n) is 5.01. The quantitative estimate of drug-likeness (QED) is 0.779. The summed E-state index contributed by atoms with van der Waals surface area (Å²) in [4.78, 5) is 14.3. The topological polar surface area (TPSA) is 59.4 Å². The van der Waals surface area contributed by atoms with Crippen LogP contribution in [-0.2, 0) is 4.79 Å². The lowest BCUT2D eigenvalue weighted by Crippen LogP contribution is -2.16. The Morgan fingerprint density at radius 2 is 2.20 bits per heavy atom. The van der Waals surface area contributed by atoms with Gasteiger partial charge in [0.15, 0.2) is 0 Å². The normalized spacial score (nSPS) is 12.1. The monoisotopic (exact) mass is 209 g/mol. The van der Waals surface area contributed by atoms with Crippen molar-refractivity contribution in [3.05, 3.63) is 24.5 Å². The van der Waals surface area contributed by atoms with Gasteiger partial charge in [0, 0.05) is 18.8 Å². The van der Waals surface area contributed by atoms with Gasteiger partial charge < -0.3 is 9.84 Å². The van der Waals surface area contributed by atoms with E-state index in [1.54, 1.807) is 24.5 Å². The second kappa shape index (κ2) is 6.01. The molecule has 1 aromatic rings. The first-order chi connectivity index (χ1) is 7.22. The van der Waals surface area contributed by atoms with Crippen molar-refractivity contribution in [1.82, 2.24) is 4.98 Å². The van der Waals surface area contributed by atoms with Crippen molar-refractivity contribution in [1.29, 1.82) is 0 Å². The van der Waals surface area contributed by atoms with Gasteiger partial charge in [-0.3, -0.25) is 9.78 Å². The molecule has 1 rings (SSSR count). The highest BCUT2D eigenvalue weighted by Gasteiger charge is 2.10. The molecule has 0 aliphatic heterocycles. The van der Waals surface area contributed by atoms with E-state index < -0.39 is 5.97 Å². The number of nitrogens with zero attached hydrogens (tertiary/aromatic N) is 1. The summed E-state index contributed by atoms with van der Waals surface area (Å²) in [5, 5.41) is 8.56. The van der Waals surface area contributed by atoms with Crippen molar-refractivity contribution in [2.24, 2.45) is 0 Å². The fourth-order valence-corrected chi connectivity index (χ4v) is 1.24. The van der Waals surface area contributed by atoms with Crippen LogP contribution in [-0.4, -0.2) is 22.2 Å². The molecular weight excluding hydrogens is 194 g/mol. The molecule has 1 atom stereocenters. The Hall–Kier alpha value is -1.58. The fraction of sp³-hybridized carbons (Fsp3) is 0.455. The van der Waals surface area contributed by atoms with E-state index in [9.17, 15) is 4.79 Å². The van der Waals surface area contributed by atoms with Crippen LogP contribution in [0.15, 0.2) is 24.5 Å². The maximum Gasteiger partial charge on any atom is 0.303 e. The predicted octanol–water partition coefficient (Wildman–Crippen LogP) is 2.10. The first kappa shape index (κ1) is 11.5. The minimum absolute atomic E-state index is 0.0384. The second-order valence-corrected chi connectivity index (χ2v) is 3.26. The van der Waals surface area contributed by atoms with Gasteiger partial charge in [-0.2, -0.15) is 0 Å². The Labute approximate surface area is 88.9 Å². The maximum absolute atomic E-state index is 10.4. The minimum Gasteiger partial charge on any atom is -0.490 e. The van der Waals surface area contributed by atoms with Gasteiger partial charge in [0.05, 0.1) is 6.10 Å². The summed E-state index contributed by atoms with van der Waals surface area (Å²) in [6, 6.07) is 3.53. The first-order valence-corrected chi connectivity index (χ1v) is 5.01. The van der Waals surface area contributed by atoms with Crippen molar-refractivity contribution in [2.75, 3.05) is 0 Å². The molecule has 1 aromatic heterocycles. The Morgan fingerprint density at radius 3 is 2.73 bits per heavy atom. The second-order valence-electron chi connectivity index (χ2n) is 3.26. The van der Waals surface area contributed by atoms with Gasteiger partial charge in [-0.25, -0.2) is 0 Å². The predicted molar refractivity (Wildman–Crippen MR) is 55.8 cm³/mol. The summed E-state index contributed by atoms with van der Waals surface area (Å²) in [6.07, 6.45) is 4.75. The molecule has 0 aliphatic rings. The van der Waals surface area contributed by atoms with Gasteiger partial charge in [0.1, 0.15) is 5.75 Å². The number of aromatic nitrogens is 1. The third-order valence-electron chi connectivity index (χ3n) is 2.09. The van der Waals surface area contributed by atoms with Crippen LogP contribution in [0, 0.1) is 0 Å². The lowest BCUT2D eigenvalue weighted by Gasteiger charge is -2.16. The average molecular weight is 209 g/mol. The van der Waals surface area contributed by atoms with Crippen LogP contribution in [0.4, 0.5) is 0 Å². The molecule has 0 bridgehead atoms. The van der Waals surface area contributed by atoms with E-state index in [0.29, 0.717) is 6.42 Å². The molecule has 0 saturated carbocycles. The van der Waals surface area contributed by atoms with E-state index >= 15 is 0 Å². The molecule has 0 amide bonds. The highest BCUT2D eigenvalue weighted by atomic mass is 16.5. The maximum atomic E-state index is 10.4. The summed E-state index contributed by atoms with van der Waals surface area (Å²) in [5.41, 5.74) is 0. The van der Waals surface area contributed by atoms with E-state index in [0.717, 1.165) is 12.2 Å². The standard InChI is InChI=1S/C11H15NO3/c1-2-9(3-4-11(13)14)15-10-5-7-12-8-6-10/h5-9H,2-4H2,1H3,(H,13,14). The van der Waals surface area contributed by atoms with E-state index in [1.165, 1.54) is 0 Å². The van der Waals surface area contributed by atoms with Gasteiger partial charge in [-0.1, -0.05) is 6.92 Å². The number of carbonyl (C=O) groups is 1. The highest BCUT2D eigenvalue weighted by molar-refractivity contribution is 5.66. The van der Waals surface area contributed by atoms with E-state index in [-0.39, 0.29) is 12.5 Å². The van der Waals surface area contributed by atoms with Crippen molar-refractivity contribution in [3.63, 3.8) is 0 Å². The number of hydrogen-bond acceptors (Lipinski definition) is 3. The van der Waals surface area contributed by atoms with E-state index in [1.807, 2.05) is 6.92 Å². The van der Waals surface area contributed by atoms with Gasteiger partial charge in [0.2, 0.25) is 0 Å². The van der Waals surface area contributed by atoms with Crippen LogP contribution in [0.3, 0.4) is 0 Å². The van der Waals surface area contributed by atoms with Crippen molar-refractivity contribution in [3.8, 4) is 5.75 Å². The molecule has 0 fully saturated rings. The molecule has 4 heteroatoms. The summed E-state index contributed by atoms with van der Waals surface area (Å²) in [5.74, 6) is -0.0472. The smallest absolute Gasteiger partial charge is 0.303 e. The Kier molecular flexibility index (Phi) is 4.60. The summed E-state index contributed by atoms with van der Waals surface area (Å²) in [6.45, 7) is 1.98. The zero-order valence-electron chi connectivity index (χ0n) is 8.72. The molecule has 1 heterocycles. The van der Waals surface area contributed by atoms with Crippen molar-refractivity contribution in [2.45, 2.75) is 32.3 Å². The van der Waals surface area contributed by atoms with Crippen LogP contribution < -0.4 is 4.74 Å². The number of rotatable bonds is 6. The largest absolute Gasteiger partial charge is 0.490 e. The molecule has 0 radical (unpaired) electrons. The molecule has 0 spiro atoms. The van der Waals surface area contributed by atoms with Gasteiger partial charge in [-0.05, 0) is 25.0 Å². The number of carboxylic acid groups (broad SMARTS) is 1. The third-order valence-corrected chi connectivity index (χ3v) is 2.09. The van der Waals surface area contributed by atoms with Gasteiger partial charge >= 0.3 is 5.97 Å². The van der Waals surface area contributed by atoms with Crippen LogP contribution in [0.25, 0.3) is 0 Å². The van der Waals surface area contributed by atoms with Crippen LogP contribution in [0.5, 0.6) is 5.75 Å². The summed E-state index contributed by atoms with van der Waals surface area (Å²) < 4.78 is 5.61. The minimum atomic E-state index is -0.785. The van der Waals surface area contributed by atoms with Crippen molar-refractivity contribution >= 4 is 5.97 Å². The molecule has 1 unspecified atom stereocenters. The Bertz CT molecular complexity index is 300. The Balaban J connectivity index is 2.43. The van der Waals surface area contributed by atoms with Crippen LogP contribution >= 0.6 is 0 Å². The van der Waals surface area contributed by atoms with Crippen LogP contribution in [0.1, 0.15) is 26.2 Å². The molecule has 15 heavy (non-hydrogen) atoms. The molecule has 0 aromatic carbocycles. The lowest BCUT2D eigenvalue weighted by atomic mass is 10.1. The molecule has 4 nitrogen and oxygen atoms in total. The third kappa shape index (κ3) is 4.44. The van der Waals surface area contributed by atoms with Crippen molar-refractivity contribution < 1.29 is 14.6 Å². The van der Waals surface area contributed by atoms with Gasteiger partial charge in [0.25, 0.3) is 0 Å². The average Bonchev–Trinajstić information content (AvgIpc) is 2.25. The number of carboxylic acids is 1. The molecule has 1 N–H and O–H groups in total. The summed E-state index contributed by atoms with van der Waals surface area (Å²) in [7, 11) is 0. The zero-order valence-corrected chi connectivity index (χ0v) is 8.72. The number of aliphatic carboxylic acids is 1. The number of ether oxygens (including phenoxy) is 1. The van der Waals surface area contributed by atoms with E-state index in [2.05, 4.69) is 4.98 Å². The number of pyridine rings is 1. The molecular formula is C11H15NO3. The zero-order chi connectivity index (χ0) is 11.1. The highest BCUT2D eigenvalue weighted by Crippen LogP contribution is 2.14. The van der Waals surface area contributed by atoms with Gasteiger partial charge in [-0.15, -0.1) is 0 Å². The fourth-order valence-electron chi connectivity index (χ4n) is 1.24. The molecule has 82 valence electrons.